The molecule has 0 heterocycles. The van der Waals surface area contributed by atoms with Crippen molar-refractivity contribution in [3.8, 4) is 0 Å². The molecule has 3 N–H and O–H groups in total. The summed E-state index contributed by atoms with van der Waals surface area (Å²) in [5.41, 5.74) is 0. The molecule has 0 aromatic heterocycles. The SMILES string of the molecule is CC/C=C\C/C=C\C/C=C\C/C=C\C/C=C\CC(=O)OC(COC(=O)CCCCCCCCC/C=C\C/C=C\C/C=C\CC)COP(=O)(O)OCC(O)COP(=O)(O)OCC(COC(=O)CCCCCCCC/C=C\C/C=C\C/C=C\C/C=C\CC)OC(=O)CCCCCCCC/C=C\C/C=C\C/C=C\C/C=C\CC. The van der Waals surface area contributed by atoms with Crippen LogP contribution in [0.2, 0.25) is 0 Å². The van der Waals surface area contributed by atoms with Crippen molar-refractivity contribution in [1.29, 1.82) is 0 Å². The molecular formula is C91H146O17P2. The summed E-state index contributed by atoms with van der Waals surface area (Å²) in [5.74, 6) is -2.38. The van der Waals surface area contributed by atoms with E-state index < -0.39 is 97.5 Å². The number of phosphoric acid groups is 2. The first-order chi connectivity index (χ1) is 53.7. The van der Waals surface area contributed by atoms with E-state index in [2.05, 4.69) is 198 Å². The number of ether oxygens (including phenoxy) is 4. The summed E-state index contributed by atoms with van der Waals surface area (Å²) in [6, 6.07) is 0. The Bertz CT molecular complexity index is 2850. The second-order valence-electron chi connectivity index (χ2n) is 26.9. The molecule has 0 aromatic carbocycles. The number of aliphatic hydroxyl groups is 1. The van der Waals surface area contributed by atoms with Crippen LogP contribution in [0, 0.1) is 0 Å². The molecule has 0 aliphatic rings. The van der Waals surface area contributed by atoms with Crippen molar-refractivity contribution in [3.05, 3.63) is 194 Å². The Kier molecular flexibility index (Phi) is 76.4. The molecule has 0 rings (SSSR count). The van der Waals surface area contributed by atoms with Crippen molar-refractivity contribution in [2.75, 3.05) is 39.6 Å². The van der Waals surface area contributed by atoms with Crippen molar-refractivity contribution in [3.63, 3.8) is 0 Å². The zero-order valence-corrected chi connectivity index (χ0v) is 69.9. The number of aliphatic hydroxyl groups excluding tert-OH is 1. The summed E-state index contributed by atoms with van der Waals surface area (Å²) < 4.78 is 68.6. The molecule has 0 aliphatic carbocycles. The first-order valence-corrected chi connectivity index (χ1v) is 44.7. The molecule has 0 saturated heterocycles. The van der Waals surface area contributed by atoms with Crippen molar-refractivity contribution >= 4 is 39.5 Å². The summed E-state index contributed by atoms with van der Waals surface area (Å²) in [5, 5.41) is 10.7. The highest BCUT2D eigenvalue weighted by molar-refractivity contribution is 7.47. The van der Waals surface area contributed by atoms with Crippen LogP contribution in [0.3, 0.4) is 0 Å². The fourth-order valence-corrected chi connectivity index (χ4v) is 12.0. The largest absolute Gasteiger partial charge is 0.472 e. The number of unbranched alkanes of at least 4 members (excludes halogenated alkanes) is 19. The summed E-state index contributed by atoms with van der Waals surface area (Å²) in [7, 11) is -10.0. The zero-order chi connectivity index (χ0) is 80.3. The van der Waals surface area contributed by atoms with E-state index in [-0.39, 0.29) is 25.7 Å². The molecule has 0 amide bonds. The van der Waals surface area contributed by atoms with Gasteiger partial charge < -0.3 is 33.8 Å². The fourth-order valence-electron chi connectivity index (χ4n) is 10.4. The monoisotopic (exact) mass is 1570 g/mol. The minimum atomic E-state index is -5.02. The summed E-state index contributed by atoms with van der Waals surface area (Å²) in [6.07, 6.45) is 100.0. The lowest BCUT2D eigenvalue weighted by Crippen LogP contribution is -2.30. The third-order valence-corrected chi connectivity index (χ3v) is 18.5. The predicted octanol–water partition coefficient (Wildman–Crippen LogP) is 24.9. The van der Waals surface area contributed by atoms with Gasteiger partial charge in [0.25, 0.3) is 0 Å². The van der Waals surface area contributed by atoms with Crippen LogP contribution in [-0.4, -0.2) is 96.7 Å². The highest BCUT2D eigenvalue weighted by atomic mass is 31.2. The maximum atomic E-state index is 13.1. The van der Waals surface area contributed by atoms with Crippen LogP contribution in [0.15, 0.2) is 194 Å². The molecule has 0 radical (unpaired) electrons. The van der Waals surface area contributed by atoms with E-state index >= 15 is 0 Å². The molecule has 17 nitrogen and oxygen atoms in total. The minimum Gasteiger partial charge on any atom is -0.462 e. The van der Waals surface area contributed by atoms with Gasteiger partial charge >= 0.3 is 39.5 Å². The van der Waals surface area contributed by atoms with E-state index in [0.29, 0.717) is 25.7 Å². The Hall–Kier alpha value is -6.10. The average molecular weight is 1570 g/mol. The Morgan fingerprint density at radius 2 is 0.482 bits per heavy atom. The van der Waals surface area contributed by atoms with Gasteiger partial charge in [0.15, 0.2) is 12.2 Å². The molecule has 19 heteroatoms. The Balaban J connectivity index is 5.49. The van der Waals surface area contributed by atoms with Crippen LogP contribution in [0.1, 0.15) is 297 Å². The van der Waals surface area contributed by atoms with Crippen molar-refractivity contribution < 1.29 is 80.2 Å². The van der Waals surface area contributed by atoms with Crippen LogP contribution in [0.5, 0.6) is 0 Å². The van der Waals surface area contributed by atoms with Gasteiger partial charge in [-0.2, -0.15) is 0 Å². The Morgan fingerprint density at radius 3 is 0.764 bits per heavy atom. The molecule has 0 fully saturated rings. The van der Waals surface area contributed by atoms with Crippen LogP contribution < -0.4 is 0 Å². The van der Waals surface area contributed by atoms with Crippen molar-refractivity contribution in [1.82, 2.24) is 0 Å². The van der Waals surface area contributed by atoms with Gasteiger partial charge in [0, 0.05) is 19.3 Å². The minimum absolute atomic E-state index is 0.0650. The lowest BCUT2D eigenvalue weighted by molar-refractivity contribution is -0.161. The molecule has 110 heavy (non-hydrogen) atoms. The molecule has 5 unspecified atom stereocenters. The van der Waals surface area contributed by atoms with Gasteiger partial charge in [-0.3, -0.25) is 37.3 Å². The number of carbonyl (C=O) groups excluding carboxylic acids is 4. The van der Waals surface area contributed by atoms with Gasteiger partial charge in [-0.05, 0) is 161 Å². The van der Waals surface area contributed by atoms with Crippen molar-refractivity contribution in [2.24, 2.45) is 0 Å². The first-order valence-electron chi connectivity index (χ1n) is 41.7. The van der Waals surface area contributed by atoms with E-state index in [9.17, 15) is 43.2 Å². The highest BCUT2D eigenvalue weighted by Crippen LogP contribution is 2.45. The number of phosphoric ester groups is 2. The van der Waals surface area contributed by atoms with Crippen LogP contribution in [-0.2, 0) is 65.4 Å². The van der Waals surface area contributed by atoms with Gasteiger partial charge in [-0.1, -0.05) is 306 Å². The molecule has 5 atom stereocenters. The molecule has 622 valence electrons. The second-order valence-corrected chi connectivity index (χ2v) is 29.8. The fraction of sp³-hybridized carbons (Fsp3) is 0.604. The van der Waals surface area contributed by atoms with Crippen LogP contribution in [0.25, 0.3) is 0 Å². The highest BCUT2D eigenvalue weighted by Gasteiger charge is 2.30. The topological polar surface area (TPSA) is 237 Å². The Morgan fingerprint density at radius 1 is 0.264 bits per heavy atom. The molecule has 0 saturated carbocycles. The molecule has 0 aliphatic heterocycles. The summed E-state index contributed by atoms with van der Waals surface area (Å²) in [4.78, 5) is 73.2. The van der Waals surface area contributed by atoms with Crippen molar-refractivity contribution in [2.45, 2.75) is 316 Å². The van der Waals surface area contributed by atoms with E-state index in [0.717, 1.165) is 218 Å². The maximum Gasteiger partial charge on any atom is 0.472 e. The van der Waals surface area contributed by atoms with Gasteiger partial charge in [-0.25, -0.2) is 9.13 Å². The standard InChI is InChI=1S/C91H146O17P2/c1-5-9-13-17-21-25-29-33-37-40-42-45-49-52-56-60-64-68-72-76-89(94)102-82-87(108-91(96)78-74-70-66-62-58-54-50-46-43-41-38-34-30-26-22-18-14-10-6-2)84-106-110(99,100)104-80-85(92)79-103-109(97,98)105-83-86(107-90(95)77-73-69-65-61-57-53-47-36-32-28-24-20-16-12-8-4)81-101-88(93)75-71-67-63-59-55-51-48-44-39-35-31-27-23-19-15-11-7-3/h9-16,21-28,33-39,42-43,45-47,57,61,69,73,85-87,92H,5-8,17-20,29-32,40-41,44,48-56,58-60,62-68,70-72,74-84H2,1-4H3,(H,97,98)(H,99,100)/b13-9-,14-10-,15-11-,16-12-,25-21-,26-22-,27-23-,28-24-,37-33-,38-34-,39-35-,45-42-,46-43-,47-36-,61-57-,73-69-. The van der Waals surface area contributed by atoms with E-state index in [1.54, 1.807) is 12.2 Å². The molecular weight excluding hydrogens is 1430 g/mol. The quantitative estimate of drug-likeness (QED) is 0.0169. The van der Waals surface area contributed by atoms with Gasteiger partial charge in [-0.15, -0.1) is 0 Å². The first kappa shape index (κ1) is 104. The van der Waals surface area contributed by atoms with Gasteiger partial charge in [0.2, 0.25) is 0 Å². The van der Waals surface area contributed by atoms with Gasteiger partial charge in [0.05, 0.1) is 32.8 Å². The summed E-state index contributed by atoms with van der Waals surface area (Å²) in [6.45, 7) is 4.26. The third kappa shape index (κ3) is 80.0. The lowest BCUT2D eigenvalue weighted by atomic mass is 10.1. The number of hydrogen-bond donors (Lipinski definition) is 3. The van der Waals surface area contributed by atoms with E-state index in [1.165, 1.54) is 0 Å². The van der Waals surface area contributed by atoms with E-state index in [1.807, 2.05) is 12.2 Å². The number of hydrogen-bond acceptors (Lipinski definition) is 15. The third-order valence-electron chi connectivity index (χ3n) is 16.6. The lowest BCUT2D eigenvalue weighted by Gasteiger charge is -2.21. The normalized spacial score (nSPS) is 14.8. The number of allylic oxidation sites excluding steroid dienone is 31. The zero-order valence-electron chi connectivity index (χ0n) is 68.1. The van der Waals surface area contributed by atoms with Crippen LogP contribution in [0.4, 0.5) is 0 Å². The second kappa shape index (κ2) is 80.9. The van der Waals surface area contributed by atoms with Gasteiger partial charge in [0.1, 0.15) is 19.3 Å². The molecule has 0 spiro atoms. The van der Waals surface area contributed by atoms with E-state index in [4.69, 9.17) is 37.0 Å². The maximum absolute atomic E-state index is 13.1. The molecule has 0 bridgehead atoms. The number of esters is 4. The molecule has 0 aromatic rings. The smallest absolute Gasteiger partial charge is 0.462 e. The average Bonchev–Trinajstić information content (AvgIpc) is 0.907. The predicted molar refractivity (Wildman–Crippen MR) is 454 cm³/mol. The Labute approximate surface area is 666 Å². The number of rotatable bonds is 76. The van der Waals surface area contributed by atoms with Crippen LogP contribution >= 0.6 is 15.6 Å². The number of carbonyl (C=O) groups is 4. The summed E-state index contributed by atoms with van der Waals surface area (Å²) >= 11 is 0.